The minimum Gasteiger partial charge on any atom is -0.480 e. The highest BCUT2D eigenvalue weighted by Gasteiger charge is 2.26. The molecule has 0 aliphatic rings. The summed E-state index contributed by atoms with van der Waals surface area (Å²) < 4.78 is 49.1. The lowest BCUT2D eigenvalue weighted by atomic mass is 10.2. The maximum Gasteiger partial charge on any atom is 0.321 e. The first-order valence-electron chi connectivity index (χ1n) is 5.70. The third kappa shape index (κ3) is 6.28. The molecule has 21 heavy (non-hydrogen) atoms. The fraction of sp³-hybridized carbons (Fsp3) is 0.364. The summed E-state index contributed by atoms with van der Waals surface area (Å²) in [6, 6.07) is 4.34. The van der Waals surface area contributed by atoms with Crippen molar-refractivity contribution >= 4 is 48.4 Å². The molecule has 7 nitrogen and oxygen atoms in total. The number of aliphatic carboxylic acids is 1. The molecule has 0 fully saturated rings. The van der Waals surface area contributed by atoms with Gasteiger partial charge in [-0.05, 0) is 53.3 Å². The first kappa shape index (κ1) is 18.3. The van der Waals surface area contributed by atoms with Gasteiger partial charge in [0.1, 0.15) is 15.9 Å². The van der Waals surface area contributed by atoms with E-state index in [4.69, 9.17) is 5.11 Å². The van der Waals surface area contributed by atoms with Crippen LogP contribution >= 0.6 is 22.6 Å². The molecular formula is C11H14INO6S2. The highest BCUT2D eigenvalue weighted by Crippen LogP contribution is 2.13. The maximum absolute atomic E-state index is 12.1. The van der Waals surface area contributed by atoms with E-state index < -0.39 is 37.6 Å². The number of halogens is 1. The Morgan fingerprint density at radius 2 is 1.76 bits per heavy atom. The van der Waals surface area contributed by atoms with Crippen molar-refractivity contribution in [1.82, 2.24) is 4.72 Å². The van der Waals surface area contributed by atoms with Crippen LogP contribution in [0.1, 0.15) is 6.42 Å². The van der Waals surface area contributed by atoms with E-state index in [1.54, 1.807) is 12.1 Å². The molecule has 118 valence electrons. The van der Waals surface area contributed by atoms with Crippen molar-refractivity contribution in [2.75, 3.05) is 12.0 Å². The van der Waals surface area contributed by atoms with Gasteiger partial charge in [0.2, 0.25) is 10.0 Å². The molecule has 1 rings (SSSR count). The van der Waals surface area contributed by atoms with Crippen LogP contribution in [0.4, 0.5) is 0 Å². The van der Waals surface area contributed by atoms with E-state index in [0.717, 1.165) is 9.83 Å². The second-order valence-electron chi connectivity index (χ2n) is 4.38. The number of benzene rings is 1. The van der Waals surface area contributed by atoms with Crippen molar-refractivity contribution in [2.24, 2.45) is 0 Å². The molecule has 0 saturated carbocycles. The van der Waals surface area contributed by atoms with Gasteiger partial charge in [0.05, 0.1) is 10.6 Å². The number of carboxylic acid groups (broad SMARTS) is 1. The highest BCUT2D eigenvalue weighted by molar-refractivity contribution is 14.1. The van der Waals surface area contributed by atoms with E-state index in [1.807, 2.05) is 27.3 Å². The average Bonchev–Trinajstić information content (AvgIpc) is 2.33. The quantitative estimate of drug-likeness (QED) is 0.587. The third-order valence-electron chi connectivity index (χ3n) is 2.50. The van der Waals surface area contributed by atoms with E-state index in [-0.39, 0.29) is 11.3 Å². The third-order valence-corrected chi connectivity index (χ3v) is 5.68. The number of sulfone groups is 1. The molecule has 0 spiro atoms. The molecule has 0 saturated heterocycles. The Balaban J connectivity index is 2.92. The molecule has 0 aromatic heterocycles. The lowest BCUT2D eigenvalue weighted by Crippen LogP contribution is -2.41. The van der Waals surface area contributed by atoms with Crippen molar-refractivity contribution in [1.29, 1.82) is 0 Å². The number of carbonyl (C=O) groups is 1. The van der Waals surface area contributed by atoms with Gasteiger partial charge in [0.25, 0.3) is 0 Å². The first-order chi connectivity index (χ1) is 9.51. The van der Waals surface area contributed by atoms with E-state index in [2.05, 4.69) is 0 Å². The standard InChI is InChI=1S/C11H14INO6S2/c1-20(16,17)7-6-10(11(14)15)13-21(18,19)9-4-2-8(12)3-5-9/h2-5,10,13H,6-7H2,1H3,(H,14,15). The Labute approximate surface area is 136 Å². The number of hydrogen-bond acceptors (Lipinski definition) is 5. The van der Waals surface area contributed by atoms with Crippen molar-refractivity contribution < 1.29 is 26.7 Å². The van der Waals surface area contributed by atoms with Crippen LogP contribution in [0.2, 0.25) is 0 Å². The largest absolute Gasteiger partial charge is 0.480 e. The fourth-order valence-corrected chi connectivity index (χ4v) is 3.68. The van der Waals surface area contributed by atoms with Crippen LogP contribution in [-0.4, -0.2) is 46.0 Å². The molecule has 1 atom stereocenters. The summed E-state index contributed by atoms with van der Waals surface area (Å²) in [5, 5.41) is 9.00. The Morgan fingerprint density at radius 3 is 2.19 bits per heavy atom. The van der Waals surface area contributed by atoms with Crippen molar-refractivity contribution in [3.05, 3.63) is 27.8 Å². The SMILES string of the molecule is CS(=O)(=O)CCC(NS(=O)(=O)c1ccc(I)cc1)C(=O)O. The molecule has 2 N–H and O–H groups in total. The number of sulfonamides is 1. The summed E-state index contributed by atoms with van der Waals surface area (Å²) in [7, 11) is -7.40. The first-order valence-corrected chi connectivity index (χ1v) is 10.3. The van der Waals surface area contributed by atoms with Gasteiger partial charge in [-0.1, -0.05) is 0 Å². The Bertz CT molecular complexity index is 712. The molecule has 1 aromatic carbocycles. The number of nitrogens with one attached hydrogen (secondary N) is 1. The summed E-state index contributed by atoms with van der Waals surface area (Å²) >= 11 is 2.01. The van der Waals surface area contributed by atoms with Crippen LogP contribution in [-0.2, 0) is 24.7 Å². The molecule has 0 amide bonds. The van der Waals surface area contributed by atoms with Gasteiger partial charge in [-0.25, -0.2) is 16.8 Å². The Hall–Kier alpha value is -0.720. The van der Waals surface area contributed by atoms with Gasteiger partial charge in [-0.3, -0.25) is 4.79 Å². The van der Waals surface area contributed by atoms with Gasteiger partial charge in [0, 0.05) is 9.83 Å². The average molecular weight is 447 g/mol. The second kappa shape index (κ2) is 7.03. The smallest absolute Gasteiger partial charge is 0.321 e. The summed E-state index contributed by atoms with van der Waals surface area (Å²) in [6.45, 7) is 0. The van der Waals surface area contributed by atoms with Crippen molar-refractivity contribution in [3.63, 3.8) is 0 Å². The topological polar surface area (TPSA) is 118 Å². The summed E-state index contributed by atoms with van der Waals surface area (Å²) in [5.41, 5.74) is 0. The van der Waals surface area contributed by atoms with E-state index in [9.17, 15) is 21.6 Å². The van der Waals surface area contributed by atoms with E-state index in [1.165, 1.54) is 12.1 Å². The zero-order valence-electron chi connectivity index (χ0n) is 11.0. The monoisotopic (exact) mass is 447 g/mol. The lowest BCUT2D eigenvalue weighted by Gasteiger charge is -2.14. The molecule has 1 aromatic rings. The van der Waals surface area contributed by atoms with Crippen LogP contribution in [0, 0.1) is 3.57 Å². The Morgan fingerprint density at radius 1 is 1.24 bits per heavy atom. The minimum absolute atomic E-state index is 0.0754. The van der Waals surface area contributed by atoms with Gasteiger partial charge < -0.3 is 5.11 Å². The molecule has 0 aliphatic heterocycles. The van der Waals surface area contributed by atoms with Crippen molar-refractivity contribution in [2.45, 2.75) is 17.4 Å². The molecule has 0 aliphatic carbocycles. The van der Waals surface area contributed by atoms with Crippen LogP contribution in [0.15, 0.2) is 29.2 Å². The van der Waals surface area contributed by atoms with Crippen LogP contribution < -0.4 is 4.72 Å². The van der Waals surface area contributed by atoms with Crippen LogP contribution in [0.25, 0.3) is 0 Å². The zero-order chi connectivity index (χ0) is 16.3. The predicted octanol–water partition coefficient (Wildman–Crippen LogP) is 0.457. The molecule has 0 radical (unpaired) electrons. The van der Waals surface area contributed by atoms with Gasteiger partial charge in [0.15, 0.2) is 0 Å². The lowest BCUT2D eigenvalue weighted by molar-refractivity contribution is -0.139. The van der Waals surface area contributed by atoms with Gasteiger partial charge in [-0.2, -0.15) is 4.72 Å². The maximum atomic E-state index is 12.1. The molecular weight excluding hydrogens is 433 g/mol. The van der Waals surface area contributed by atoms with Crippen molar-refractivity contribution in [3.8, 4) is 0 Å². The van der Waals surface area contributed by atoms with Gasteiger partial charge in [-0.15, -0.1) is 0 Å². The summed E-state index contributed by atoms with van der Waals surface area (Å²) in [6.07, 6.45) is 0.622. The Kier molecular flexibility index (Phi) is 6.13. The molecule has 1 unspecified atom stereocenters. The van der Waals surface area contributed by atoms with Crippen LogP contribution in [0.5, 0.6) is 0 Å². The van der Waals surface area contributed by atoms with Crippen LogP contribution in [0.3, 0.4) is 0 Å². The number of rotatable bonds is 7. The van der Waals surface area contributed by atoms with E-state index in [0.29, 0.717) is 0 Å². The molecule has 0 heterocycles. The number of hydrogen-bond donors (Lipinski definition) is 2. The normalized spacial score (nSPS) is 13.8. The summed E-state index contributed by atoms with van der Waals surface area (Å²) in [5.74, 6) is -1.84. The highest BCUT2D eigenvalue weighted by atomic mass is 127. The second-order valence-corrected chi connectivity index (χ2v) is 9.60. The summed E-state index contributed by atoms with van der Waals surface area (Å²) in [4.78, 5) is 11.0. The van der Waals surface area contributed by atoms with E-state index >= 15 is 0 Å². The number of carboxylic acids is 1. The zero-order valence-corrected chi connectivity index (χ0v) is 14.8. The fourth-order valence-electron chi connectivity index (χ4n) is 1.43. The van der Waals surface area contributed by atoms with Gasteiger partial charge >= 0.3 is 5.97 Å². The molecule has 0 bridgehead atoms. The predicted molar refractivity (Wildman–Crippen MR) is 85.2 cm³/mol. The minimum atomic E-state index is -4.02. The molecule has 10 heteroatoms.